The van der Waals surface area contributed by atoms with Crippen LogP contribution < -0.4 is 54.0 Å². The molecule has 0 spiro atoms. The molecule has 0 aromatic carbocycles. The van der Waals surface area contributed by atoms with Crippen LogP contribution in [-0.2, 0) is 47.9 Å². The zero-order valence-electron chi connectivity index (χ0n) is 37.5. The number of hydrogen-bond acceptors (Lipinski definition) is 14. The lowest BCUT2D eigenvalue weighted by Gasteiger charge is -2.29. The molecule has 0 aliphatic heterocycles. The number of rotatable bonds is 29. The van der Waals surface area contributed by atoms with E-state index in [4.69, 9.17) is 16.6 Å². The second-order valence-corrected chi connectivity index (χ2v) is 16.3. The predicted molar refractivity (Wildman–Crippen MR) is 225 cm³/mol. The molecule has 24 heteroatoms. The maximum atomic E-state index is 13.5. The minimum atomic E-state index is -1.62. The first-order valence-electron chi connectivity index (χ1n) is 20.8. The van der Waals surface area contributed by atoms with Crippen LogP contribution >= 0.6 is 0 Å². The molecule has 0 aromatic rings. The average Bonchev–Trinajstić information content (AvgIpc) is 3.19. The number of carboxylic acids is 2. The molecule has 10 atom stereocenters. The van der Waals surface area contributed by atoms with E-state index in [9.17, 15) is 63.3 Å². The zero-order chi connectivity index (χ0) is 48.9. The van der Waals surface area contributed by atoms with Gasteiger partial charge < -0.3 is 74.4 Å². The molecule has 0 aliphatic carbocycles. The third-order valence-electron chi connectivity index (χ3n) is 9.72. The second-order valence-electron chi connectivity index (χ2n) is 16.3. The van der Waals surface area contributed by atoms with Crippen LogP contribution in [0.3, 0.4) is 0 Å². The maximum Gasteiger partial charge on any atom is 0.326 e. The number of amides is 8. The molecule has 360 valence electrons. The third kappa shape index (κ3) is 20.5. The SMILES string of the molecule is CC(C)[C@H](NC(=O)[C@H](C)NC(=O)[C@H](CO)NC(=O)[C@H](C)NC(=O)[C@@H](NC(=O)[C@@H](NC(=O)[C@H](CCC(=O)O)NC(=O)[C@@H](N)[C@@H](C)O)C(C)C)C(C)C)C(=O)N[C@@H](CCCCN)C(=O)O. The minimum absolute atomic E-state index is 0.114. The summed E-state index contributed by atoms with van der Waals surface area (Å²) in [6, 6.07) is -12.2. The van der Waals surface area contributed by atoms with Crippen LogP contribution in [0.4, 0.5) is 0 Å². The van der Waals surface area contributed by atoms with Gasteiger partial charge >= 0.3 is 11.9 Å². The second kappa shape index (κ2) is 28.3. The number of aliphatic hydroxyl groups is 2. The van der Waals surface area contributed by atoms with Crippen molar-refractivity contribution in [1.29, 1.82) is 0 Å². The van der Waals surface area contributed by atoms with Gasteiger partial charge in [-0.05, 0) is 70.8 Å². The normalized spacial score (nSPS) is 16.1. The summed E-state index contributed by atoms with van der Waals surface area (Å²) >= 11 is 0. The van der Waals surface area contributed by atoms with Gasteiger partial charge in [0.25, 0.3) is 0 Å². The number of aliphatic hydroxyl groups excluding tert-OH is 2. The van der Waals surface area contributed by atoms with E-state index in [0.717, 1.165) is 0 Å². The number of nitrogens with two attached hydrogens (primary N) is 2. The summed E-state index contributed by atoms with van der Waals surface area (Å²) in [7, 11) is 0. The smallest absolute Gasteiger partial charge is 0.326 e. The van der Waals surface area contributed by atoms with Gasteiger partial charge in [0, 0.05) is 6.42 Å². The van der Waals surface area contributed by atoms with Crippen molar-refractivity contribution in [2.75, 3.05) is 13.2 Å². The van der Waals surface area contributed by atoms with E-state index in [0.29, 0.717) is 19.4 Å². The number of carbonyl (C=O) groups excluding carboxylic acids is 8. The topological polar surface area (TPSA) is 400 Å². The Morgan fingerprint density at radius 2 is 0.857 bits per heavy atom. The van der Waals surface area contributed by atoms with Crippen molar-refractivity contribution in [3.63, 3.8) is 0 Å². The van der Waals surface area contributed by atoms with Crippen molar-refractivity contribution in [3.8, 4) is 0 Å². The minimum Gasteiger partial charge on any atom is -0.481 e. The molecule has 0 unspecified atom stereocenters. The van der Waals surface area contributed by atoms with Crippen LogP contribution in [0.5, 0.6) is 0 Å². The van der Waals surface area contributed by atoms with Crippen molar-refractivity contribution in [2.24, 2.45) is 29.2 Å². The summed E-state index contributed by atoms with van der Waals surface area (Å²) in [5, 5.41) is 57.5. The van der Waals surface area contributed by atoms with Crippen molar-refractivity contribution in [1.82, 2.24) is 42.5 Å². The molecule has 0 saturated heterocycles. The van der Waals surface area contributed by atoms with Crippen LogP contribution in [-0.4, -0.2) is 153 Å². The highest BCUT2D eigenvalue weighted by molar-refractivity contribution is 5.98. The summed E-state index contributed by atoms with van der Waals surface area (Å²) < 4.78 is 0. The molecular formula is C39H70N10O14. The Labute approximate surface area is 366 Å². The molecule has 63 heavy (non-hydrogen) atoms. The summed E-state index contributed by atoms with van der Waals surface area (Å²) in [6.45, 7) is 12.7. The fourth-order valence-electron chi connectivity index (χ4n) is 5.65. The Bertz CT molecular complexity index is 1590. The van der Waals surface area contributed by atoms with Crippen LogP contribution in [0, 0.1) is 17.8 Å². The van der Waals surface area contributed by atoms with E-state index in [1.807, 2.05) is 0 Å². The standard InChI is InChI=1S/C39H70N10O14/c1-17(2)28(49-38(61)30(19(5)6)48-33(56)23(13-14-26(52)53)44-35(58)27(41)22(9)51)36(59)43-20(7)31(54)46-25(16-50)34(57)42-21(8)32(55)47-29(18(3)4)37(60)45-24(39(62)63)12-10-11-15-40/h17-25,27-30,50-51H,10-16,40-41H2,1-9H3,(H,42,57)(H,43,59)(H,44,58)(H,45,60)(H,46,54)(H,47,55)(H,48,56)(H,49,61)(H,52,53)(H,62,63)/t20-,21-,22+,23-,24-,25-,27-,28-,29-,30-/m0/s1. The van der Waals surface area contributed by atoms with Crippen molar-refractivity contribution < 1.29 is 68.4 Å². The first kappa shape index (κ1) is 57.5. The molecule has 0 saturated carbocycles. The lowest BCUT2D eigenvalue weighted by atomic mass is 9.98. The molecule has 0 radical (unpaired) electrons. The monoisotopic (exact) mass is 903 g/mol. The Morgan fingerprint density at radius 1 is 0.476 bits per heavy atom. The van der Waals surface area contributed by atoms with E-state index in [1.165, 1.54) is 20.8 Å². The van der Waals surface area contributed by atoms with Gasteiger partial charge in [0.1, 0.15) is 54.4 Å². The summed E-state index contributed by atoms with van der Waals surface area (Å²) in [6.07, 6.45) is -1.13. The fraction of sp³-hybridized carbons (Fsp3) is 0.744. The van der Waals surface area contributed by atoms with Gasteiger partial charge in [-0.25, -0.2) is 4.79 Å². The number of carboxylic acid groups (broad SMARTS) is 2. The molecule has 8 amide bonds. The third-order valence-corrected chi connectivity index (χ3v) is 9.72. The first-order chi connectivity index (χ1) is 29.2. The predicted octanol–water partition coefficient (Wildman–Crippen LogP) is -4.35. The summed E-state index contributed by atoms with van der Waals surface area (Å²) in [5.74, 6) is -11.4. The molecule has 0 aromatic heterocycles. The first-order valence-corrected chi connectivity index (χ1v) is 20.8. The highest BCUT2D eigenvalue weighted by atomic mass is 16.4. The molecule has 24 nitrogen and oxygen atoms in total. The van der Waals surface area contributed by atoms with Gasteiger partial charge in [0.15, 0.2) is 0 Å². The maximum absolute atomic E-state index is 13.5. The van der Waals surface area contributed by atoms with Crippen LogP contribution in [0.25, 0.3) is 0 Å². The Hall–Kier alpha value is -5.46. The van der Waals surface area contributed by atoms with E-state index >= 15 is 0 Å². The van der Waals surface area contributed by atoms with Crippen LogP contribution in [0.15, 0.2) is 0 Å². The zero-order valence-corrected chi connectivity index (χ0v) is 37.5. The molecular weight excluding hydrogens is 832 g/mol. The van der Waals surface area contributed by atoms with E-state index < -0.39 is 150 Å². The molecule has 0 fully saturated rings. The van der Waals surface area contributed by atoms with E-state index in [2.05, 4.69) is 42.5 Å². The largest absolute Gasteiger partial charge is 0.481 e. The molecule has 0 heterocycles. The van der Waals surface area contributed by atoms with Gasteiger partial charge in [-0.15, -0.1) is 0 Å². The number of unbranched alkanes of at least 4 members (excludes halogenated alkanes) is 1. The number of nitrogens with one attached hydrogen (secondary N) is 8. The number of carbonyl (C=O) groups is 10. The average molecular weight is 903 g/mol. The van der Waals surface area contributed by atoms with Crippen LogP contribution in [0.1, 0.15) is 94.4 Å². The lowest BCUT2D eigenvalue weighted by Crippen LogP contribution is -2.61. The van der Waals surface area contributed by atoms with Crippen LogP contribution in [0.2, 0.25) is 0 Å². The van der Waals surface area contributed by atoms with E-state index in [-0.39, 0.29) is 12.8 Å². The van der Waals surface area contributed by atoms with Gasteiger partial charge in [-0.2, -0.15) is 0 Å². The highest BCUT2D eigenvalue weighted by Gasteiger charge is 2.35. The molecule has 16 N–H and O–H groups in total. The summed E-state index contributed by atoms with van der Waals surface area (Å²) in [4.78, 5) is 128. The Morgan fingerprint density at radius 3 is 1.29 bits per heavy atom. The molecule has 0 bridgehead atoms. The molecule has 0 rings (SSSR count). The van der Waals surface area contributed by atoms with Crippen molar-refractivity contribution in [3.05, 3.63) is 0 Å². The fourth-order valence-corrected chi connectivity index (χ4v) is 5.65. The van der Waals surface area contributed by atoms with E-state index in [1.54, 1.807) is 41.5 Å². The van der Waals surface area contributed by atoms with Gasteiger partial charge in [0.05, 0.1) is 12.7 Å². The molecule has 0 aliphatic rings. The quantitative estimate of drug-likeness (QED) is 0.0316. The number of hydrogen-bond donors (Lipinski definition) is 14. The highest BCUT2D eigenvalue weighted by Crippen LogP contribution is 2.10. The lowest BCUT2D eigenvalue weighted by molar-refractivity contribution is -0.143. The Kier molecular flexibility index (Phi) is 25.8. The van der Waals surface area contributed by atoms with Gasteiger partial charge in [-0.1, -0.05) is 41.5 Å². The number of aliphatic carboxylic acids is 2. The Balaban J connectivity index is 5.73. The van der Waals surface area contributed by atoms with Gasteiger partial charge in [-0.3, -0.25) is 43.2 Å². The summed E-state index contributed by atoms with van der Waals surface area (Å²) in [5.41, 5.74) is 11.1. The van der Waals surface area contributed by atoms with Crippen molar-refractivity contribution >= 4 is 59.2 Å². The van der Waals surface area contributed by atoms with Gasteiger partial charge in [0.2, 0.25) is 47.3 Å². The van der Waals surface area contributed by atoms with Crippen molar-refractivity contribution in [2.45, 2.75) is 155 Å².